The van der Waals surface area contributed by atoms with Crippen LogP contribution in [0, 0.1) is 6.92 Å². The molecule has 1 aromatic rings. The molecule has 2 saturated heterocycles. The van der Waals surface area contributed by atoms with Gasteiger partial charge < -0.3 is 9.64 Å². The van der Waals surface area contributed by atoms with Crippen molar-refractivity contribution >= 4 is 11.3 Å². The van der Waals surface area contributed by atoms with Crippen molar-refractivity contribution in [3.8, 4) is 0 Å². The van der Waals surface area contributed by atoms with E-state index in [0.717, 1.165) is 19.7 Å². The molecule has 1 spiro atoms. The molecule has 0 aromatic carbocycles. The lowest BCUT2D eigenvalue weighted by Crippen LogP contribution is -2.53. The highest BCUT2D eigenvalue weighted by molar-refractivity contribution is 7.09. The lowest BCUT2D eigenvalue weighted by molar-refractivity contribution is -0.131. The molecule has 1 atom stereocenters. The van der Waals surface area contributed by atoms with E-state index in [4.69, 9.17) is 4.74 Å². The maximum Gasteiger partial charge on any atom is 0.0798 e. The maximum atomic E-state index is 6.28. The van der Waals surface area contributed by atoms with Crippen molar-refractivity contribution in [3.05, 3.63) is 16.1 Å². The number of aryl methyl sites for hydroxylation is 1. The Labute approximate surface area is 138 Å². The van der Waals surface area contributed by atoms with Gasteiger partial charge in [0.2, 0.25) is 0 Å². The highest BCUT2D eigenvalue weighted by Crippen LogP contribution is 2.37. The highest BCUT2D eigenvalue weighted by atomic mass is 32.1. The summed E-state index contributed by atoms with van der Waals surface area (Å²) in [6.45, 7) is 9.84. The Hall–Kier alpha value is -0.490. The summed E-state index contributed by atoms with van der Waals surface area (Å²) in [6, 6.07) is 0.656. The summed E-state index contributed by atoms with van der Waals surface area (Å²) in [4.78, 5) is 10.9. The monoisotopic (exact) mass is 323 g/mol. The molecule has 5 heteroatoms. The third kappa shape index (κ3) is 3.53. The lowest BCUT2D eigenvalue weighted by Gasteiger charge is -2.48. The average Bonchev–Trinajstić information content (AvgIpc) is 2.93. The summed E-state index contributed by atoms with van der Waals surface area (Å²) >= 11 is 1.79. The first kappa shape index (κ1) is 16.4. The molecular weight excluding hydrogens is 294 g/mol. The van der Waals surface area contributed by atoms with Crippen LogP contribution in [-0.4, -0.2) is 59.7 Å². The van der Waals surface area contributed by atoms with Gasteiger partial charge in [0.25, 0.3) is 0 Å². The number of aromatic nitrogens is 1. The Morgan fingerprint density at radius 2 is 2.23 bits per heavy atom. The Morgan fingerprint density at radius 3 is 2.86 bits per heavy atom. The molecule has 4 nitrogen and oxygen atoms in total. The zero-order valence-electron chi connectivity index (χ0n) is 14.2. The second kappa shape index (κ2) is 6.95. The molecule has 0 bridgehead atoms. The summed E-state index contributed by atoms with van der Waals surface area (Å²) in [5, 5.41) is 0. The molecular formula is C17H29N3OS. The molecule has 124 valence electrons. The molecule has 1 unspecified atom stereocenters. The molecule has 0 radical (unpaired) electrons. The Balaban J connectivity index is 1.66. The van der Waals surface area contributed by atoms with Crippen molar-refractivity contribution in [2.45, 2.75) is 57.7 Å². The predicted molar refractivity (Wildman–Crippen MR) is 91.4 cm³/mol. The van der Waals surface area contributed by atoms with Crippen molar-refractivity contribution in [3.63, 3.8) is 0 Å². The van der Waals surface area contributed by atoms with Crippen LogP contribution in [0.15, 0.2) is 5.51 Å². The van der Waals surface area contributed by atoms with Gasteiger partial charge in [0, 0.05) is 37.2 Å². The zero-order chi connectivity index (χ0) is 15.6. The fourth-order valence-electron chi connectivity index (χ4n) is 3.85. The summed E-state index contributed by atoms with van der Waals surface area (Å²) in [5.74, 6) is 0. The van der Waals surface area contributed by atoms with Gasteiger partial charge in [-0.3, -0.25) is 4.90 Å². The van der Waals surface area contributed by atoms with Crippen LogP contribution in [0.4, 0.5) is 0 Å². The summed E-state index contributed by atoms with van der Waals surface area (Å²) < 4.78 is 6.28. The van der Waals surface area contributed by atoms with E-state index in [1.54, 1.807) is 11.3 Å². The molecule has 0 N–H and O–H groups in total. The molecule has 0 saturated carbocycles. The van der Waals surface area contributed by atoms with E-state index in [-0.39, 0.29) is 5.60 Å². The fraction of sp³-hybridized carbons (Fsp3) is 0.824. The van der Waals surface area contributed by atoms with Crippen molar-refractivity contribution < 1.29 is 4.74 Å². The second-order valence-corrected chi connectivity index (χ2v) is 7.84. The van der Waals surface area contributed by atoms with Crippen LogP contribution in [-0.2, 0) is 11.3 Å². The van der Waals surface area contributed by atoms with Crippen molar-refractivity contribution in [1.82, 2.24) is 14.8 Å². The van der Waals surface area contributed by atoms with Gasteiger partial charge in [-0.25, -0.2) is 4.98 Å². The maximum absolute atomic E-state index is 6.28. The Morgan fingerprint density at radius 1 is 1.45 bits per heavy atom. The first-order chi connectivity index (χ1) is 10.6. The minimum atomic E-state index is 0.144. The van der Waals surface area contributed by atoms with Gasteiger partial charge in [0.05, 0.1) is 16.8 Å². The van der Waals surface area contributed by atoms with Crippen molar-refractivity contribution in [1.29, 1.82) is 0 Å². The topological polar surface area (TPSA) is 28.6 Å². The Bertz CT molecular complexity index is 482. The largest absolute Gasteiger partial charge is 0.375 e. The molecule has 0 amide bonds. The lowest BCUT2D eigenvalue weighted by atomic mass is 9.82. The smallest absolute Gasteiger partial charge is 0.0798 e. The number of thiazole rings is 1. The van der Waals surface area contributed by atoms with Gasteiger partial charge in [-0.1, -0.05) is 6.92 Å². The molecule has 1 aromatic heterocycles. The van der Waals surface area contributed by atoms with E-state index < -0.39 is 0 Å². The molecule has 0 aliphatic carbocycles. The number of hydrogen-bond acceptors (Lipinski definition) is 5. The zero-order valence-corrected chi connectivity index (χ0v) is 15.0. The van der Waals surface area contributed by atoms with E-state index in [1.165, 1.54) is 49.3 Å². The number of rotatable bonds is 4. The molecule has 3 heterocycles. The summed E-state index contributed by atoms with van der Waals surface area (Å²) in [5.41, 5.74) is 3.32. The van der Waals surface area contributed by atoms with Crippen molar-refractivity contribution in [2.24, 2.45) is 0 Å². The van der Waals surface area contributed by atoms with Crippen LogP contribution in [0.25, 0.3) is 0 Å². The van der Waals surface area contributed by atoms with Gasteiger partial charge in [-0.15, -0.1) is 11.3 Å². The highest BCUT2D eigenvalue weighted by Gasteiger charge is 2.41. The second-order valence-electron chi connectivity index (χ2n) is 6.91. The van der Waals surface area contributed by atoms with Crippen LogP contribution in [0.1, 0.15) is 43.2 Å². The molecule has 2 fully saturated rings. The standard InChI is InChI=1S/C17H29N3OS/c1-4-20(12-16-14(2)18-13-22-16)15-5-10-21-17(11-15)6-8-19(3)9-7-17/h13,15H,4-12H2,1-3H3. The van der Waals surface area contributed by atoms with E-state index in [1.807, 2.05) is 5.51 Å². The molecule has 3 rings (SSSR count). The number of piperidine rings is 1. The minimum absolute atomic E-state index is 0.144. The first-order valence-electron chi connectivity index (χ1n) is 8.57. The summed E-state index contributed by atoms with van der Waals surface area (Å²) in [6.07, 6.45) is 4.75. The predicted octanol–water partition coefficient (Wildman–Crippen LogP) is 2.92. The summed E-state index contributed by atoms with van der Waals surface area (Å²) in [7, 11) is 2.22. The van der Waals surface area contributed by atoms with Gasteiger partial charge in [-0.05, 0) is 46.2 Å². The van der Waals surface area contributed by atoms with Crippen LogP contribution in [0.5, 0.6) is 0 Å². The van der Waals surface area contributed by atoms with E-state index in [2.05, 4.69) is 35.7 Å². The normalized spacial score (nSPS) is 25.9. The van der Waals surface area contributed by atoms with Crippen LogP contribution < -0.4 is 0 Å². The SMILES string of the molecule is CCN(Cc1scnc1C)C1CCOC2(CCN(C)CC2)C1. The van der Waals surface area contributed by atoms with Gasteiger partial charge in [0.15, 0.2) is 0 Å². The van der Waals surface area contributed by atoms with Crippen LogP contribution in [0.3, 0.4) is 0 Å². The van der Waals surface area contributed by atoms with Crippen molar-refractivity contribution in [2.75, 3.05) is 33.3 Å². The molecule has 22 heavy (non-hydrogen) atoms. The van der Waals surface area contributed by atoms with E-state index in [0.29, 0.717) is 6.04 Å². The van der Waals surface area contributed by atoms with E-state index >= 15 is 0 Å². The Kier molecular flexibility index (Phi) is 5.17. The van der Waals surface area contributed by atoms with Gasteiger partial charge >= 0.3 is 0 Å². The first-order valence-corrected chi connectivity index (χ1v) is 9.45. The minimum Gasteiger partial charge on any atom is -0.375 e. The third-order valence-electron chi connectivity index (χ3n) is 5.48. The van der Waals surface area contributed by atoms with Gasteiger partial charge in [-0.2, -0.15) is 0 Å². The number of nitrogens with zero attached hydrogens (tertiary/aromatic N) is 3. The fourth-order valence-corrected chi connectivity index (χ4v) is 4.65. The van der Waals surface area contributed by atoms with Crippen LogP contribution in [0.2, 0.25) is 0 Å². The van der Waals surface area contributed by atoms with E-state index in [9.17, 15) is 0 Å². The van der Waals surface area contributed by atoms with Gasteiger partial charge in [0.1, 0.15) is 0 Å². The number of hydrogen-bond donors (Lipinski definition) is 0. The average molecular weight is 324 g/mol. The molecule has 2 aliphatic rings. The number of likely N-dealkylation sites (tertiary alicyclic amines) is 1. The number of ether oxygens (including phenoxy) is 1. The third-order valence-corrected chi connectivity index (χ3v) is 6.40. The van der Waals surface area contributed by atoms with Crippen LogP contribution >= 0.6 is 11.3 Å². The molecule has 2 aliphatic heterocycles. The quantitative estimate of drug-likeness (QED) is 0.852.